The van der Waals surface area contributed by atoms with E-state index in [1.165, 1.54) is 0 Å². The van der Waals surface area contributed by atoms with Gasteiger partial charge < -0.3 is 15.5 Å². The molecule has 0 atom stereocenters. The molecule has 0 fully saturated rings. The summed E-state index contributed by atoms with van der Waals surface area (Å²) in [5.74, 6) is 0.780. The smallest absolute Gasteiger partial charge is 0.239 e. The second kappa shape index (κ2) is 5.84. The second-order valence-electron chi connectivity index (χ2n) is 4.79. The van der Waals surface area contributed by atoms with Crippen LogP contribution in [-0.2, 0) is 11.3 Å². The first kappa shape index (κ1) is 13.7. The minimum atomic E-state index is -0.820. The number of nitrogens with two attached hydrogens (primary N) is 1. The van der Waals surface area contributed by atoms with Gasteiger partial charge in [-0.25, -0.2) is 0 Å². The Kier molecular flexibility index (Phi) is 4.72. The summed E-state index contributed by atoms with van der Waals surface area (Å²) in [6, 6.07) is 3.79. The van der Waals surface area contributed by atoms with E-state index in [9.17, 15) is 4.79 Å². The number of likely N-dealkylation sites (N-methyl/N-ethyl adjacent to an activating group) is 1. The van der Waals surface area contributed by atoms with Gasteiger partial charge in [0.25, 0.3) is 0 Å². The van der Waals surface area contributed by atoms with Crippen LogP contribution in [0.4, 0.5) is 0 Å². The minimum Gasteiger partial charge on any atom is -0.468 e. The largest absolute Gasteiger partial charge is 0.468 e. The van der Waals surface area contributed by atoms with Gasteiger partial charge in [0.2, 0.25) is 5.91 Å². The third kappa shape index (κ3) is 5.01. The highest BCUT2D eigenvalue weighted by Crippen LogP contribution is 2.03. The van der Waals surface area contributed by atoms with Gasteiger partial charge in [0.05, 0.1) is 18.3 Å². The van der Waals surface area contributed by atoms with E-state index in [0.717, 1.165) is 18.8 Å². The van der Waals surface area contributed by atoms with Gasteiger partial charge in [0.15, 0.2) is 0 Å². The molecule has 0 radical (unpaired) electrons. The van der Waals surface area contributed by atoms with Crippen molar-refractivity contribution in [2.45, 2.75) is 25.9 Å². The van der Waals surface area contributed by atoms with Crippen LogP contribution in [0.3, 0.4) is 0 Å². The Bertz CT molecular complexity index is 341. The summed E-state index contributed by atoms with van der Waals surface area (Å²) in [6.45, 7) is 5.44. The molecular weight excluding hydrogens is 218 g/mol. The minimum absolute atomic E-state index is 0.135. The lowest BCUT2D eigenvalue weighted by Gasteiger charge is -2.20. The van der Waals surface area contributed by atoms with Crippen molar-refractivity contribution in [2.24, 2.45) is 5.73 Å². The number of hydrogen-bond donors (Lipinski definition) is 2. The Balaban J connectivity index is 2.21. The maximum atomic E-state index is 11.5. The number of carbonyl (C=O) groups excluding carboxylic acids is 1. The topological polar surface area (TPSA) is 71.5 Å². The third-order valence-corrected chi connectivity index (χ3v) is 2.37. The average Bonchev–Trinajstić information content (AvgIpc) is 2.68. The van der Waals surface area contributed by atoms with Crippen molar-refractivity contribution in [1.29, 1.82) is 0 Å². The van der Waals surface area contributed by atoms with Crippen LogP contribution in [0, 0.1) is 0 Å². The molecule has 3 N–H and O–H groups in total. The Labute approximate surface area is 102 Å². The van der Waals surface area contributed by atoms with Gasteiger partial charge in [0, 0.05) is 13.1 Å². The van der Waals surface area contributed by atoms with Gasteiger partial charge >= 0.3 is 0 Å². The van der Waals surface area contributed by atoms with Crippen molar-refractivity contribution in [1.82, 2.24) is 10.2 Å². The molecule has 1 aromatic heterocycles. The lowest BCUT2D eigenvalue weighted by Crippen LogP contribution is -2.50. The number of hydrogen-bond acceptors (Lipinski definition) is 4. The highest BCUT2D eigenvalue weighted by atomic mass is 16.3. The lowest BCUT2D eigenvalue weighted by atomic mass is 10.1. The van der Waals surface area contributed by atoms with Crippen molar-refractivity contribution in [3.63, 3.8) is 0 Å². The summed E-state index contributed by atoms with van der Waals surface area (Å²) in [6.07, 6.45) is 1.65. The number of nitrogens with zero attached hydrogens (tertiary/aromatic N) is 1. The van der Waals surface area contributed by atoms with Crippen molar-refractivity contribution >= 4 is 5.91 Å². The van der Waals surface area contributed by atoms with Gasteiger partial charge in [-0.1, -0.05) is 0 Å². The van der Waals surface area contributed by atoms with Crippen LogP contribution in [-0.4, -0.2) is 36.5 Å². The fourth-order valence-corrected chi connectivity index (χ4v) is 1.34. The molecule has 5 nitrogen and oxygen atoms in total. The van der Waals surface area contributed by atoms with Gasteiger partial charge in [0.1, 0.15) is 5.76 Å². The SMILES string of the molecule is CN(CCNC(=O)C(C)(C)N)Cc1ccco1. The number of nitrogens with one attached hydrogen (secondary N) is 1. The zero-order valence-corrected chi connectivity index (χ0v) is 10.7. The van der Waals surface area contributed by atoms with E-state index in [1.807, 2.05) is 19.2 Å². The molecule has 1 rings (SSSR count). The molecule has 17 heavy (non-hydrogen) atoms. The number of furan rings is 1. The lowest BCUT2D eigenvalue weighted by molar-refractivity contribution is -0.125. The highest BCUT2D eigenvalue weighted by molar-refractivity contribution is 5.84. The van der Waals surface area contributed by atoms with Gasteiger partial charge in [-0.3, -0.25) is 9.69 Å². The molecule has 0 bridgehead atoms. The summed E-state index contributed by atoms with van der Waals surface area (Å²) in [5, 5.41) is 2.80. The van der Waals surface area contributed by atoms with Crippen LogP contribution in [0.5, 0.6) is 0 Å². The Hall–Kier alpha value is -1.33. The average molecular weight is 239 g/mol. The van der Waals surface area contributed by atoms with Crippen molar-refractivity contribution in [2.75, 3.05) is 20.1 Å². The van der Waals surface area contributed by atoms with E-state index >= 15 is 0 Å². The normalized spacial score (nSPS) is 11.8. The molecule has 0 spiro atoms. The second-order valence-corrected chi connectivity index (χ2v) is 4.79. The number of rotatable bonds is 6. The molecule has 5 heteroatoms. The van der Waals surface area contributed by atoms with E-state index in [1.54, 1.807) is 20.1 Å². The molecule has 0 aliphatic rings. The van der Waals surface area contributed by atoms with Crippen LogP contribution >= 0.6 is 0 Å². The van der Waals surface area contributed by atoms with Gasteiger partial charge in [-0.2, -0.15) is 0 Å². The van der Waals surface area contributed by atoms with Crippen molar-refractivity contribution < 1.29 is 9.21 Å². The van der Waals surface area contributed by atoms with Crippen LogP contribution in [0.15, 0.2) is 22.8 Å². The standard InChI is InChI=1S/C12H21N3O2/c1-12(2,13)11(16)14-6-7-15(3)9-10-5-4-8-17-10/h4-5,8H,6-7,9,13H2,1-3H3,(H,14,16). The summed E-state index contributed by atoms with van der Waals surface area (Å²) >= 11 is 0. The zero-order valence-electron chi connectivity index (χ0n) is 10.7. The molecule has 0 unspecified atom stereocenters. The molecule has 0 aliphatic heterocycles. The first-order valence-electron chi connectivity index (χ1n) is 5.67. The molecule has 0 aromatic carbocycles. The molecule has 1 heterocycles. The Morgan fingerprint density at radius 2 is 2.29 bits per heavy atom. The van der Waals surface area contributed by atoms with Gasteiger partial charge in [-0.15, -0.1) is 0 Å². The van der Waals surface area contributed by atoms with Crippen molar-refractivity contribution in [3.8, 4) is 0 Å². The number of amides is 1. The van der Waals surface area contributed by atoms with Crippen LogP contribution in [0.2, 0.25) is 0 Å². The summed E-state index contributed by atoms with van der Waals surface area (Å²) in [5.41, 5.74) is 4.85. The van der Waals surface area contributed by atoms with E-state index in [-0.39, 0.29) is 5.91 Å². The fourth-order valence-electron chi connectivity index (χ4n) is 1.34. The van der Waals surface area contributed by atoms with E-state index in [4.69, 9.17) is 10.2 Å². The molecule has 1 aromatic rings. The quantitative estimate of drug-likeness (QED) is 0.761. The Morgan fingerprint density at radius 1 is 1.59 bits per heavy atom. The molecular formula is C12H21N3O2. The summed E-state index contributed by atoms with van der Waals surface area (Å²) in [7, 11) is 1.97. The van der Waals surface area contributed by atoms with Crippen LogP contribution in [0.1, 0.15) is 19.6 Å². The first-order valence-corrected chi connectivity index (χ1v) is 5.67. The maximum Gasteiger partial charge on any atom is 0.239 e. The van der Waals surface area contributed by atoms with Gasteiger partial charge in [-0.05, 0) is 33.0 Å². The first-order chi connectivity index (χ1) is 7.89. The summed E-state index contributed by atoms with van der Waals surface area (Å²) < 4.78 is 5.24. The monoisotopic (exact) mass is 239 g/mol. The van der Waals surface area contributed by atoms with Crippen LogP contribution in [0.25, 0.3) is 0 Å². The fraction of sp³-hybridized carbons (Fsp3) is 0.583. The number of carbonyl (C=O) groups is 1. The predicted molar refractivity (Wildman–Crippen MR) is 66.3 cm³/mol. The van der Waals surface area contributed by atoms with E-state index < -0.39 is 5.54 Å². The summed E-state index contributed by atoms with van der Waals surface area (Å²) in [4.78, 5) is 13.6. The van der Waals surface area contributed by atoms with E-state index in [2.05, 4.69) is 10.2 Å². The van der Waals surface area contributed by atoms with Crippen molar-refractivity contribution in [3.05, 3.63) is 24.2 Å². The molecule has 1 amide bonds. The zero-order chi connectivity index (χ0) is 12.9. The maximum absolute atomic E-state index is 11.5. The molecule has 0 saturated heterocycles. The predicted octanol–water partition coefficient (Wildman–Crippen LogP) is 0.565. The van der Waals surface area contributed by atoms with Crippen LogP contribution < -0.4 is 11.1 Å². The molecule has 96 valence electrons. The Morgan fingerprint density at radius 3 is 2.82 bits per heavy atom. The highest BCUT2D eigenvalue weighted by Gasteiger charge is 2.20. The molecule has 0 saturated carbocycles. The van der Waals surface area contributed by atoms with E-state index in [0.29, 0.717) is 6.54 Å². The third-order valence-electron chi connectivity index (χ3n) is 2.37. The molecule has 0 aliphatic carbocycles.